The maximum absolute atomic E-state index is 11.7. The second kappa shape index (κ2) is 6.23. The zero-order chi connectivity index (χ0) is 12.1. The van der Waals surface area contributed by atoms with Crippen LogP contribution in [-0.2, 0) is 0 Å². The van der Waals surface area contributed by atoms with Crippen molar-refractivity contribution in [1.29, 1.82) is 0 Å². The normalized spacial score (nSPS) is 10.8. The Morgan fingerprint density at radius 3 is 2.69 bits per heavy atom. The summed E-state index contributed by atoms with van der Waals surface area (Å²) in [6.07, 6.45) is 0. The molecule has 1 heterocycles. The number of halogens is 1. The Labute approximate surface area is 105 Å². The van der Waals surface area contributed by atoms with Crippen molar-refractivity contribution in [3.63, 3.8) is 0 Å². The molecule has 0 saturated carbocycles. The molecule has 1 aromatic heterocycles. The lowest BCUT2D eigenvalue weighted by Gasteiger charge is -2.08. The minimum atomic E-state index is -0.0892. The molecule has 0 aliphatic carbocycles. The van der Waals surface area contributed by atoms with Gasteiger partial charge in [-0.05, 0) is 17.9 Å². The smallest absolute Gasteiger partial charge is 0.262 e. The number of amides is 1. The predicted molar refractivity (Wildman–Crippen MR) is 69.5 cm³/mol. The van der Waals surface area contributed by atoms with Crippen LogP contribution in [0.15, 0.2) is 5.38 Å². The standard InChI is InChI=1S/C11H17ClN2OS/c1-7(2)13-4-5-14-11(15)10-9(12)8(3)6-16-10/h6-7,13H,4-5H2,1-3H3,(H,14,15). The van der Waals surface area contributed by atoms with E-state index in [1.165, 1.54) is 11.3 Å². The molecular formula is C11H17ClN2OS. The van der Waals surface area contributed by atoms with Crippen LogP contribution in [0.3, 0.4) is 0 Å². The summed E-state index contributed by atoms with van der Waals surface area (Å²) in [6.45, 7) is 7.42. The molecule has 3 nitrogen and oxygen atoms in total. The summed E-state index contributed by atoms with van der Waals surface area (Å²) < 4.78 is 0. The summed E-state index contributed by atoms with van der Waals surface area (Å²) in [7, 11) is 0. The molecule has 1 aromatic rings. The van der Waals surface area contributed by atoms with Crippen LogP contribution in [0.4, 0.5) is 0 Å². The van der Waals surface area contributed by atoms with E-state index in [2.05, 4.69) is 24.5 Å². The fourth-order valence-corrected chi connectivity index (χ4v) is 2.40. The van der Waals surface area contributed by atoms with Crippen molar-refractivity contribution >= 4 is 28.8 Å². The lowest BCUT2D eigenvalue weighted by atomic mass is 10.3. The number of rotatable bonds is 5. The van der Waals surface area contributed by atoms with Crippen molar-refractivity contribution in [2.75, 3.05) is 13.1 Å². The monoisotopic (exact) mass is 260 g/mol. The quantitative estimate of drug-likeness (QED) is 0.799. The Bertz CT molecular complexity index is 363. The zero-order valence-electron chi connectivity index (χ0n) is 9.76. The molecule has 0 fully saturated rings. The van der Waals surface area contributed by atoms with E-state index in [0.29, 0.717) is 22.5 Å². The van der Waals surface area contributed by atoms with Gasteiger partial charge in [0.25, 0.3) is 5.91 Å². The van der Waals surface area contributed by atoms with Gasteiger partial charge in [0, 0.05) is 19.1 Å². The average molecular weight is 261 g/mol. The third-order valence-electron chi connectivity index (χ3n) is 2.07. The Morgan fingerprint density at radius 1 is 1.50 bits per heavy atom. The van der Waals surface area contributed by atoms with Gasteiger partial charge in [0.2, 0.25) is 0 Å². The van der Waals surface area contributed by atoms with Crippen LogP contribution in [0.1, 0.15) is 29.1 Å². The topological polar surface area (TPSA) is 41.1 Å². The summed E-state index contributed by atoms with van der Waals surface area (Å²) in [4.78, 5) is 12.3. The number of thiophene rings is 1. The maximum atomic E-state index is 11.7. The Kier molecular flexibility index (Phi) is 5.25. The van der Waals surface area contributed by atoms with Crippen LogP contribution in [0.25, 0.3) is 0 Å². The first-order valence-corrected chi connectivity index (χ1v) is 6.53. The number of hydrogen-bond acceptors (Lipinski definition) is 3. The van der Waals surface area contributed by atoms with Crippen LogP contribution >= 0.6 is 22.9 Å². The highest BCUT2D eigenvalue weighted by atomic mass is 35.5. The van der Waals surface area contributed by atoms with Crippen LogP contribution in [0.5, 0.6) is 0 Å². The van der Waals surface area contributed by atoms with Crippen molar-refractivity contribution < 1.29 is 4.79 Å². The highest BCUT2D eigenvalue weighted by Crippen LogP contribution is 2.26. The SMILES string of the molecule is Cc1csc(C(=O)NCCNC(C)C)c1Cl. The molecule has 1 amide bonds. The molecule has 0 bridgehead atoms. The lowest BCUT2D eigenvalue weighted by molar-refractivity contribution is 0.0958. The maximum Gasteiger partial charge on any atom is 0.262 e. The highest BCUT2D eigenvalue weighted by Gasteiger charge is 2.13. The van der Waals surface area contributed by atoms with Gasteiger partial charge in [-0.2, -0.15) is 0 Å². The van der Waals surface area contributed by atoms with Gasteiger partial charge < -0.3 is 10.6 Å². The summed E-state index contributed by atoms with van der Waals surface area (Å²) in [5.74, 6) is -0.0892. The van der Waals surface area contributed by atoms with Gasteiger partial charge in [0.1, 0.15) is 4.88 Å². The molecule has 0 spiro atoms. The van der Waals surface area contributed by atoms with E-state index in [4.69, 9.17) is 11.6 Å². The fourth-order valence-electron chi connectivity index (χ4n) is 1.20. The van der Waals surface area contributed by atoms with Crippen LogP contribution < -0.4 is 10.6 Å². The molecule has 0 radical (unpaired) electrons. The summed E-state index contributed by atoms with van der Waals surface area (Å²) >= 11 is 7.39. The zero-order valence-corrected chi connectivity index (χ0v) is 11.3. The van der Waals surface area contributed by atoms with E-state index in [1.54, 1.807) is 0 Å². The summed E-state index contributed by atoms with van der Waals surface area (Å²) in [5, 5.41) is 8.52. The van der Waals surface area contributed by atoms with Gasteiger partial charge in [0.05, 0.1) is 5.02 Å². The first-order chi connectivity index (χ1) is 7.52. The molecule has 16 heavy (non-hydrogen) atoms. The molecule has 0 atom stereocenters. The number of carbonyl (C=O) groups is 1. The van der Waals surface area contributed by atoms with Crippen LogP contribution in [0, 0.1) is 6.92 Å². The molecule has 1 rings (SSSR count). The number of aryl methyl sites for hydroxylation is 1. The minimum absolute atomic E-state index is 0.0892. The van der Waals surface area contributed by atoms with E-state index >= 15 is 0 Å². The first-order valence-electron chi connectivity index (χ1n) is 5.27. The first kappa shape index (κ1) is 13.5. The van der Waals surface area contributed by atoms with E-state index < -0.39 is 0 Å². The van der Waals surface area contributed by atoms with Gasteiger partial charge in [-0.15, -0.1) is 11.3 Å². The molecule has 0 unspecified atom stereocenters. The Hall–Kier alpha value is -0.580. The van der Waals surface area contributed by atoms with Gasteiger partial charge in [-0.1, -0.05) is 25.4 Å². The fraction of sp³-hybridized carbons (Fsp3) is 0.545. The average Bonchev–Trinajstić information content (AvgIpc) is 2.54. The predicted octanol–water partition coefficient (Wildman–Crippen LogP) is 2.44. The van der Waals surface area contributed by atoms with Crippen molar-refractivity contribution in [3.8, 4) is 0 Å². The molecule has 0 aliphatic heterocycles. The number of hydrogen-bond donors (Lipinski definition) is 2. The van der Waals surface area contributed by atoms with Gasteiger partial charge in [0.15, 0.2) is 0 Å². The Morgan fingerprint density at radius 2 is 2.19 bits per heavy atom. The summed E-state index contributed by atoms with van der Waals surface area (Å²) in [6, 6.07) is 0.435. The number of carbonyl (C=O) groups excluding carboxylic acids is 1. The lowest BCUT2D eigenvalue weighted by Crippen LogP contribution is -2.34. The van der Waals surface area contributed by atoms with Crippen molar-refractivity contribution in [2.24, 2.45) is 0 Å². The molecule has 90 valence electrons. The molecule has 5 heteroatoms. The molecule has 0 aliphatic rings. The number of nitrogens with one attached hydrogen (secondary N) is 2. The van der Waals surface area contributed by atoms with Gasteiger partial charge >= 0.3 is 0 Å². The van der Waals surface area contributed by atoms with E-state index in [0.717, 1.165) is 12.1 Å². The molecule has 2 N–H and O–H groups in total. The highest BCUT2D eigenvalue weighted by molar-refractivity contribution is 7.13. The third kappa shape index (κ3) is 3.77. The van der Waals surface area contributed by atoms with Crippen molar-refractivity contribution in [2.45, 2.75) is 26.8 Å². The second-order valence-corrected chi connectivity index (χ2v) is 5.18. The summed E-state index contributed by atoms with van der Waals surface area (Å²) in [5.41, 5.74) is 0.956. The van der Waals surface area contributed by atoms with E-state index in [9.17, 15) is 4.79 Å². The van der Waals surface area contributed by atoms with E-state index in [1.807, 2.05) is 12.3 Å². The van der Waals surface area contributed by atoms with E-state index in [-0.39, 0.29) is 5.91 Å². The molecule has 0 saturated heterocycles. The third-order valence-corrected chi connectivity index (χ3v) is 3.76. The largest absolute Gasteiger partial charge is 0.350 e. The minimum Gasteiger partial charge on any atom is -0.350 e. The second-order valence-electron chi connectivity index (χ2n) is 3.93. The molecule has 0 aromatic carbocycles. The van der Waals surface area contributed by atoms with Crippen LogP contribution in [0.2, 0.25) is 5.02 Å². The van der Waals surface area contributed by atoms with Gasteiger partial charge in [-0.25, -0.2) is 0 Å². The molecular weight excluding hydrogens is 244 g/mol. The van der Waals surface area contributed by atoms with Crippen LogP contribution in [-0.4, -0.2) is 25.0 Å². The van der Waals surface area contributed by atoms with Crippen molar-refractivity contribution in [1.82, 2.24) is 10.6 Å². The van der Waals surface area contributed by atoms with Gasteiger partial charge in [-0.3, -0.25) is 4.79 Å². The Balaban J connectivity index is 2.39. The van der Waals surface area contributed by atoms with Crippen molar-refractivity contribution in [3.05, 3.63) is 20.8 Å².